The van der Waals surface area contributed by atoms with E-state index in [-0.39, 0.29) is 5.78 Å². The van der Waals surface area contributed by atoms with Crippen LogP contribution in [0.25, 0.3) is 0 Å². The first-order valence-electron chi connectivity index (χ1n) is 6.35. The predicted octanol–water partition coefficient (Wildman–Crippen LogP) is 3.48. The number of hydrogen-bond donors (Lipinski definition) is 0. The minimum Gasteiger partial charge on any atom is -0.295 e. The zero-order chi connectivity index (χ0) is 13.8. The number of aryl methyl sites for hydroxylation is 2. The minimum atomic E-state index is 0.108. The van der Waals surface area contributed by atoms with E-state index in [0.29, 0.717) is 0 Å². The molecule has 3 nitrogen and oxygen atoms in total. The molecule has 0 atom stereocenters. The van der Waals surface area contributed by atoms with Gasteiger partial charge in [-0.3, -0.25) is 9.48 Å². The van der Waals surface area contributed by atoms with Crippen LogP contribution in [0.15, 0.2) is 35.2 Å². The van der Waals surface area contributed by atoms with Crippen LogP contribution in [0.2, 0.25) is 0 Å². The number of rotatable bonds is 5. The third kappa shape index (κ3) is 3.47. The van der Waals surface area contributed by atoms with Gasteiger partial charge < -0.3 is 0 Å². The van der Waals surface area contributed by atoms with Gasteiger partial charge in [0.1, 0.15) is 0 Å². The van der Waals surface area contributed by atoms with Crippen LogP contribution in [0.4, 0.5) is 0 Å². The smallest absolute Gasteiger partial charge is 0.159 e. The Labute approximate surface area is 118 Å². The summed E-state index contributed by atoms with van der Waals surface area (Å²) in [7, 11) is 1.97. The number of thioether (sulfide) groups is 1. The van der Waals surface area contributed by atoms with Crippen molar-refractivity contribution in [2.45, 2.75) is 30.9 Å². The fraction of sp³-hybridized carbons (Fsp3) is 0.333. The number of hydrogen-bond acceptors (Lipinski definition) is 3. The van der Waals surface area contributed by atoms with Crippen molar-refractivity contribution in [3.8, 4) is 0 Å². The molecule has 19 heavy (non-hydrogen) atoms. The van der Waals surface area contributed by atoms with Crippen molar-refractivity contribution in [3.63, 3.8) is 0 Å². The second-order valence-corrected chi connectivity index (χ2v) is 5.53. The molecule has 4 heteroatoms. The molecule has 2 aromatic rings. The lowest BCUT2D eigenvalue weighted by molar-refractivity contribution is 0.101. The third-order valence-electron chi connectivity index (χ3n) is 3.02. The van der Waals surface area contributed by atoms with Gasteiger partial charge in [-0.15, -0.1) is 11.8 Å². The maximum Gasteiger partial charge on any atom is 0.159 e. The number of nitrogens with zero attached hydrogens (tertiary/aromatic N) is 2. The molecule has 1 heterocycles. The molecule has 1 aromatic carbocycles. The van der Waals surface area contributed by atoms with Gasteiger partial charge in [-0.2, -0.15) is 5.10 Å². The molecule has 2 rings (SSSR count). The van der Waals surface area contributed by atoms with Crippen molar-refractivity contribution in [2.24, 2.45) is 7.05 Å². The fourth-order valence-corrected chi connectivity index (χ4v) is 2.81. The molecule has 0 fully saturated rings. The first-order valence-corrected chi connectivity index (χ1v) is 7.34. The molecular weight excluding hydrogens is 256 g/mol. The van der Waals surface area contributed by atoms with Crippen molar-refractivity contribution in [1.82, 2.24) is 9.78 Å². The minimum absolute atomic E-state index is 0.108. The summed E-state index contributed by atoms with van der Waals surface area (Å²) in [5.74, 6) is 0.974. The fourth-order valence-electron chi connectivity index (χ4n) is 1.84. The van der Waals surface area contributed by atoms with Gasteiger partial charge in [0.25, 0.3) is 0 Å². The van der Waals surface area contributed by atoms with Gasteiger partial charge in [-0.1, -0.05) is 19.1 Å². The maximum absolute atomic E-state index is 11.3. The van der Waals surface area contributed by atoms with Gasteiger partial charge in [0.05, 0.1) is 5.69 Å². The number of ketones is 1. The van der Waals surface area contributed by atoms with E-state index in [9.17, 15) is 4.79 Å². The van der Waals surface area contributed by atoms with Crippen molar-refractivity contribution < 1.29 is 4.79 Å². The van der Waals surface area contributed by atoms with Gasteiger partial charge >= 0.3 is 0 Å². The van der Waals surface area contributed by atoms with Crippen LogP contribution in [0.3, 0.4) is 0 Å². The summed E-state index contributed by atoms with van der Waals surface area (Å²) in [4.78, 5) is 12.5. The van der Waals surface area contributed by atoms with Crippen LogP contribution in [0.1, 0.15) is 35.6 Å². The highest BCUT2D eigenvalue weighted by molar-refractivity contribution is 7.98. The van der Waals surface area contributed by atoms with Gasteiger partial charge in [-0.05, 0) is 31.5 Å². The van der Waals surface area contributed by atoms with Crippen LogP contribution < -0.4 is 0 Å². The van der Waals surface area contributed by atoms with Gasteiger partial charge in [0.15, 0.2) is 5.78 Å². The van der Waals surface area contributed by atoms with E-state index < -0.39 is 0 Å². The van der Waals surface area contributed by atoms with E-state index in [1.165, 1.54) is 5.69 Å². The third-order valence-corrected chi connectivity index (χ3v) is 4.04. The molecule has 0 bridgehead atoms. The lowest BCUT2D eigenvalue weighted by atomic mass is 10.2. The van der Waals surface area contributed by atoms with E-state index in [1.54, 1.807) is 18.7 Å². The number of carbonyl (C=O) groups excluding carboxylic acids is 1. The molecule has 0 radical (unpaired) electrons. The van der Waals surface area contributed by atoms with E-state index in [4.69, 9.17) is 0 Å². The van der Waals surface area contributed by atoms with E-state index >= 15 is 0 Å². The topological polar surface area (TPSA) is 34.9 Å². The Morgan fingerprint density at radius 3 is 2.79 bits per heavy atom. The van der Waals surface area contributed by atoms with Gasteiger partial charge in [-0.25, -0.2) is 0 Å². The molecule has 0 spiro atoms. The first kappa shape index (κ1) is 13.9. The molecular formula is C15H18N2OS. The van der Waals surface area contributed by atoms with Crippen LogP contribution in [0.5, 0.6) is 0 Å². The summed E-state index contributed by atoms with van der Waals surface area (Å²) in [5.41, 5.74) is 3.09. The molecule has 0 saturated carbocycles. The van der Waals surface area contributed by atoms with Crippen molar-refractivity contribution in [1.29, 1.82) is 0 Å². The highest BCUT2D eigenvalue weighted by Crippen LogP contribution is 2.24. The second-order valence-electron chi connectivity index (χ2n) is 4.48. The molecule has 0 aliphatic rings. The van der Waals surface area contributed by atoms with Crippen LogP contribution in [-0.4, -0.2) is 15.6 Å². The lowest BCUT2D eigenvalue weighted by Gasteiger charge is -2.03. The molecule has 0 aliphatic carbocycles. The normalized spacial score (nSPS) is 10.7. The Bertz CT molecular complexity index is 590. The average molecular weight is 274 g/mol. The van der Waals surface area contributed by atoms with E-state index in [1.807, 2.05) is 36.0 Å². The quantitative estimate of drug-likeness (QED) is 0.618. The van der Waals surface area contributed by atoms with Crippen molar-refractivity contribution >= 4 is 17.5 Å². The molecule has 0 aliphatic heterocycles. The summed E-state index contributed by atoms with van der Waals surface area (Å²) in [5, 5.41) is 4.44. The molecule has 0 unspecified atom stereocenters. The Morgan fingerprint density at radius 2 is 2.16 bits per heavy atom. The molecule has 0 N–H and O–H groups in total. The predicted molar refractivity (Wildman–Crippen MR) is 78.6 cm³/mol. The molecule has 1 aromatic heterocycles. The number of carbonyl (C=O) groups is 1. The van der Waals surface area contributed by atoms with Crippen LogP contribution in [0, 0.1) is 0 Å². The Hall–Kier alpha value is -1.55. The monoisotopic (exact) mass is 274 g/mol. The van der Waals surface area contributed by atoms with Gasteiger partial charge in [0, 0.05) is 29.0 Å². The van der Waals surface area contributed by atoms with Crippen molar-refractivity contribution in [3.05, 3.63) is 47.3 Å². The number of aromatic nitrogens is 2. The average Bonchev–Trinajstić information content (AvgIpc) is 2.77. The number of benzene rings is 1. The highest BCUT2D eigenvalue weighted by atomic mass is 32.2. The Kier molecular flexibility index (Phi) is 4.43. The Morgan fingerprint density at radius 1 is 1.37 bits per heavy atom. The summed E-state index contributed by atoms with van der Waals surface area (Å²) in [6.45, 7) is 3.70. The van der Waals surface area contributed by atoms with E-state index in [0.717, 1.165) is 28.3 Å². The summed E-state index contributed by atoms with van der Waals surface area (Å²) in [6.07, 6.45) is 0.957. The molecule has 100 valence electrons. The zero-order valence-electron chi connectivity index (χ0n) is 11.5. The Balaban J connectivity index is 2.07. The molecule has 0 saturated heterocycles. The number of Topliss-reactive ketones (excluding diaryl/α,β-unsaturated/α-hetero) is 1. The first-order chi connectivity index (χ1) is 9.10. The summed E-state index contributed by atoms with van der Waals surface area (Å²) in [6, 6.07) is 9.91. The maximum atomic E-state index is 11.3. The summed E-state index contributed by atoms with van der Waals surface area (Å²) < 4.78 is 1.93. The lowest BCUT2D eigenvalue weighted by Crippen LogP contribution is -1.97. The second kappa shape index (κ2) is 6.06. The molecule has 0 amide bonds. The highest BCUT2D eigenvalue weighted by Gasteiger charge is 2.06. The summed E-state index contributed by atoms with van der Waals surface area (Å²) >= 11 is 1.73. The SMILES string of the molecule is CCc1cc(CSc2cccc(C(C)=O)c2)n(C)n1. The standard InChI is InChI=1S/C15H18N2OS/c1-4-13-9-14(17(3)16-13)10-19-15-7-5-6-12(8-15)11(2)18/h5-9H,4,10H2,1-3H3. The zero-order valence-corrected chi connectivity index (χ0v) is 12.3. The largest absolute Gasteiger partial charge is 0.295 e. The van der Waals surface area contributed by atoms with E-state index in [2.05, 4.69) is 18.1 Å². The van der Waals surface area contributed by atoms with Crippen LogP contribution >= 0.6 is 11.8 Å². The van der Waals surface area contributed by atoms with Gasteiger partial charge in [0.2, 0.25) is 0 Å². The van der Waals surface area contributed by atoms with Crippen LogP contribution in [-0.2, 0) is 19.2 Å². The van der Waals surface area contributed by atoms with Crippen molar-refractivity contribution in [2.75, 3.05) is 0 Å².